The minimum Gasteiger partial charge on any atom is -0.379 e. The second-order valence-electron chi connectivity index (χ2n) is 5.77. The third-order valence-electron chi connectivity index (χ3n) is 3.83. The van der Waals surface area contributed by atoms with E-state index in [4.69, 9.17) is 10.6 Å². The lowest BCUT2D eigenvalue weighted by atomic mass is 10.3. The maximum atomic E-state index is 5.62. The molecule has 0 bridgehead atoms. The predicted octanol–water partition coefficient (Wildman–Crippen LogP) is 1.79. The minimum absolute atomic E-state index is 0.509. The van der Waals surface area contributed by atoms with Gasteiger partial charge in [-0.05, 0) is 38.5 Å². The molecule has 2 aliphatic carbocycles. The van der Waals surface area contributed by atoms with Crippen LogP contribution in [0.25, 0.3) is 0 Å². The molecule has 1 heterocycles. The van der Waals surface area contributed by atoms with Gasteiger partial charge in [0, 0.05) is 24.6 Å². The zero-order chi connectivity index (χ0) is 13.9. The summed E-state index contributed by atoms with van der Waals surface area (Å²) >= 11 is 0. The number of nitrogens with one attached hydrogen (secondary N) is 2. The number of nitrogen functional groups attached to an aromatic ring is 1. The molecule has 4 N–H and O–H groups in total. The highest BCUT2D eigenvalue weighted by atomic mass is 16.5. The first-order chi connectivity index (χ1) is 9.78. The Bertz CT molecular complexity index is 471. The lowest BCUT2D eigenvalue weighted by Gasteiger charge is -2.13. The van der Waals surface area contributed by atoms with Crippen LogP contribution < -0.4 is 16.6 Å². The average molecular weight is 277 g/mol. The van der Waals surface area contributed by atoms with Gasteiger partial charge >= 0.3 is 0 Å². The summed E-state index contributed by atoms with van der Waals surface area (Å²) < 4.78 is 5.62. The van der Waals surface area contributed by atoms with Crippen LogP contribution in [-0.4, -0.2) is 29.7 Å². The quantitative estimate of drug-likeness (QED) is 0.381. The summed E-state index contributed by atoms with van der Waals surface area (Å²) in [5.41, 5.74) is 3.62. The van der Waals surface area contributed by atoms with E-state index in [0.29, 0.717) is 18.3 Å². The SMILES string of the molecule is Cc1c(NN)nc(C2CC2)nc1NCCOCC1CC1. The molecule has 2 fully saturated rings. The number of anilines is 2. The maximum absolute atomic E-state index is 5.62. The van der Waals surface area contributed by atoms with Crippen molar-refractivity contribution in [1.29, 1.82) is 0 Å². The standard InChI is InChI=1S/C14H23N5O/c1-9-12(16-6-7-20-8-10-2-3-10)17-14(11-4-5-11)18-13(9)19-15/h10-11H,2-8,15H2,1H3,(H2,16,17,18,19). The van der Waals surface area contributed by atoms with E-state index < -0.39 is 0 Å². The number of nitrogens with two attached hydrogens (primary N) is 1. The highest BCUT2D eigenvalue weighted by molar-refractivity contribution is 5.57. The number of ether oxygens (including phenoxy) is 1. The van der Waals surface area contributed by atoms with Crippen molar-refractivity contribution in [3.63, 3.8) is 0 Å². The molecule has 0 unspecified atom stereocenters. The number of hydrogen-bond donors (Lipinski definition) is 3. The van der Waals surface area contributed by atoms with Crippen molar-refractivity contribution < 1.29 is 4.74 Å². The molecule has 0 aromatic carbocycles. The molecule has 1 aromatic heterocycles. The first-order valence-electron chi connectivity index (χ1n) is 7.44. The van der Waals surface area contributed by atoms with Gasteiger partial charge in [0.05, 0.1) is 6.61 Å². The molecular formula is C14H23N5O. The van der Waals surface area contributed by atoms with Crippen molar-refractivity contribution in [3.8, 4) is 0 Å². The van der Waals surface area contributed by atoms with E-state index in [9.17, 15) is 0 Å². The van der Waals surface area contributed by atoms with Crippen molar-refractivity contribution in [2.75, 3.05) is 30.5 Å². The Morgan fingerprint density at radius 1 is 1.20 bits per heavy atom. The second kappa shape index (κ2) is 5.93. The van der Waals surface area contributed by atoms with Gasteiger partial charge < -0.3 is 15.5 Å². The summed E-state index contributed by atoms with van der Waals surface area (Å²) in [4.78, 5) is 9.09. The minimum atomic E-state index is 0.509. The predicted molar refractivity (Wildman–Crippen MR) is 78.6 cm³/mol. The van der Waals surface area contributed by atoms with Crippen LogP contribution in [0.15, 0.2) is 0 Å². The summed E-state index contributed by atoms with van der Waals surface area (Å²) in [6, 6.07) is 0. The topological polar surface area (TPSA) is 85.1 Å². The Hall–Kier alpha value is -1.40. The molecular weight excluding hydrogens is 254 g/mol. The summed E-state index contributed by atoms with van der Waals surface area (Å²) in [6.45, 7) is 4.34. The van der Waals surface area contributed by atoms with Gasteiger partial charge in [0.15, 0.2) is 0 Å². The molecule has 0 aliphatic heterocycles. The van der Waals surface area contributed by atoms with Gasteiger partial charge in [0.2, 0.25) is 0 Å². The number of nitrogens with zero attached hydrogens (tertiary/aromatic N) is 2. The average Bonchev–Trinajstić information content (AvgIpc) is 3.32. The molecule has 0 saturated heterocycles. The van der Waals surface area contributed by atoms with Gasteiger partial charge in [-0.25, -0.2) is 15.8 Å². The van der Waals surface area contributed by atoms with Crippen LogP contribution >= 0.6 is 0 Å². The first kappa shape index (κ1) is 13.6. The van der Waals surface area contributed by atoms with E-state index in [0.717, 1.165) is 36.3 Å². The van der Waals surface area contributed by atoms with Gasteiger partial charge in [0.25, 0.3) is 0 Å². The number of hydrogen-bond acceptors (Lipinski definition) is 6. The fourth-order valence-corrected chi connectivity index (χ4v) is 2.15. The van der Waals surface area contributed by atoms with E-state index in [1.807, 2.05) is 6.92 Å². The van der Waals surface area contributed by atoms with Crippen LogP contribution in [0.1, 0.15) is 43.0 Å². The van der Waals surface area contributed by atoms with Crippen molar-refractivity contribution in [1.82, 2.24) is 9.97 Å². The molecule has 1 aromatic rings. The third kappa shape index (κ3) is 3.37. The molecule has 0 radical (unpaired) electrons. The highest BCUT2D eigenvalue weighted by Crippen LogP contribution is 2.39. The molecule has 20 heavy (non-hydrogen) atoms. The summed E-state index contributed by atoms with van der Waals surface area (Å²) in [5, 5.41) is 3.33. The molecule has 0 spiro atoms. The van der Waals surface area contributed by atoms with E-state index in [-0.39, 0.29) is 0 Å². The van der Waals surface area contributed by atoms with Crippen LogP contribution in [0.2, 0.25) is 0 Å². The Morgan fingerprint density at radius 2 is 1.95 bits per heavy atom. The van der Waals surface area contributed by atoms with Crippen LogP contribution in [-0.2, 0) is 4.74 Å². The van der Waals surface area contributed by atoms with Crippen molar-refractivity contribution in [2.45, 2.75) is 38.5 Å². The molecule has 0 atom stereocenters. The lowest BCUT2D eigenvalue weighted by molar-refractivity contribution is 0.134. The fraction of sp³-hybridized carbons (Fsp3) is 0.714. The molecule has 3 rings (SSSR count). The number of hydrazine groups is 1. The summed E-state index contributed by atoms with van der Waals surface area (Å²) in [6.07, 6.45) is 5.01. The van der Waals surface area contributed by atoms with E-state index in [2.05, 4.69) is 20.7 Å². The van der Waals surface area contributed by atoms with Crippen LogP contribution in [0.3, 0.4) is 0 Å². The van der Waals surface area contributed by atoms with Crippen LogP contribution in [0, 0.1) is 12.8 Å². The molecule has 110 valence electrons. The van der Waals surface area contributed by atoms with E-state index >= 15 is 0 Å². The molecule has 2 aliphatic rings. The van der Waals surface area contributed by atoms with E-state index in [1.165, 1.54) is 25.7 Å². The molecule has 6 nitrogen and oxygen atoms in total. The third-order valence-corrected chi connectivity index (χ3v) is 3.83. The van der Waals surface area contributed by atoms with Gasteiger partial charge in [-0.2, -0.15) is 0 Å². The smallest absolute Gasteiger partial charge is 0.148 e. The van der Waals surface area contributed by atoms with Gasteiger partial charge in [-0.15, -0.1) is 0 Å². The van der Waals surface area contributed by atoms with Crippen LogP contribution in [0.5, 0.6) is 0 Å². The fourth-order valence-electron chi connectivity index (χ4n) is 2.15. The monoisotopic (exact) mass is 277 g/mol. The Balaban J connectivity index is 1.56. The Kier molecular flexibility index (Phi) is 4.03. The first-order valence-corrected chi connectivity index (χ1v) is 7.44. The Morgan fingerprint density at radius 3 is 2.60 bits per heavy atom. The zero-order valence-electron chi connectivity index (χ0n) is 12.0. The highest BCUT2D eigenvalue weighted by Gasteiger charge is 2.28. The second-order valence-corrected chi connectivity index (χ2v) is 5.77. The summed E-state index contributed by atoms with van der Waals surface area (Å²) in [5.74, 6) is 9.32. The molecule has 0 amide bonds. The van der Waals surface area contributed by atoms with Gasteiger partial charge in [-0.3, -0.25) is 0 Å². The molecule has 6 heteroatoms. The summed E-state index contributed by atoms with van der Waals surface area (Å²) in [7, 11) is 0. The van der Waals surface area contributed by atoms with Gasteiger partial charge in [-0.1, -0.05) is 0 Å². The normalized spacial score (nSPS) is 18.1. The van der Waals surface area contributed by atoms with Crippen LogP contribution in [0.4, 0.5) is 11.6 Å². The lowest BCUT2D eigenvalue weighted by Crippen LogP contribution is -2.17. The van der Waals surface area contributed by atoms with Crippen molar-refractivity contribution >= 4 is 11.6 Å². The number of rotatable bonds is 8. The van der Waals surface area contributed by atoms with E-state index in [1.54, 1.807) is 0 Å². The van der Waals surface area contributed by atoms with Crippen molar-refractivity contribution in [3.05, 3.63) is 11.4 Å². The van der Waals surface area contributed by atoms with Crippen molar-refractivity contribution in [2.24, 2.45) is 11.8 Å². The number of aromatic nitrogens is 2. The molecule has 2 saturated carbocycles. The van der Waals surface area contributed by atoms with Gasteiger partial charge in [0.1, 0.15) is 17.5 Å². The zero-order valence-corrected chi connectivity index (χ0v) is 12.0. The maximum Gasteiger partial charge on any atom is 0.148 e. The largest absolute Gasteiger partial charge is 0.379 e. The Labute approximate surface area is 119 Å².